The summed E-state index contributed by atoms with van der Waals surface area (Å²) in [6.07, 6.45) is 2.16. The van der Waals surface area contributed by atoms with Crippen LogP contribution >= 0.6 is 11.8 Å². The number of nitrogens with one attached hydrogen (secondary N) is 1. The van der Waals surface area contributed by atoms with Gasteiger partial charge in [-0.1, -0.05) is 48.5 Å². The minimum absolute atomic E-state index is 0.000927. The standard InChI is InChI=1S/C26H32N2O5S/c1-3-28(15-8-13-24(29)30)25(31)23(14-16-34-2)27-26(32)33-17-22-20-11-6-4-9-18(20)19-10-5-7-12-21(19)22/h4-7,9-12,22-23H,3,8,13-17H2,1-2H3,(H,27,32)(H,29,30)/t23-/m0/s1. The van der Waals surface area contributed by atoms with Gasteiger partial charge in [-0.15, -0.1) is 0 Å². The predicted molar refractivity (Wildman–Crippen MR) is 134 cm³/mol. The van der Waals surface area contributed by atoms with Crippen molar-refractivity contribution in [3.63, 3.8) is 0 Å². The first kappa shape index (κ1) is 25.6. The summed E-state index contributed by atoms with van der Waals surface area (Å²) in [5.74, 6) is -0.455. The summed E-state index contributed by atoms with van der Waals surface area (Å²) in [5.41, 5.74) is 4.56. The molecular weight excluding hydrogens is 452 g/mol. The number of amides is 2. The molecule has 1 atom stereocenters. The van der Waals surface area contributed by atoms with Gasteiger partial charge in [0.25, 0.3) is 0 Å². The topological polar surface area (TPSA) is 95.9 Å². The zero-order valence-electron chi connectivity index (χ0n) is 19.7. The van der Waals surface area contributed by atoms with Gasteiger partial charge in [0.2, 0.25) is 5.91 Å². The Kier molecular flexibility index (Phi) is 9.39. The number of aliphatic carboxylic acids is 1. The van der Waals surface area contributed by atoms with E-state index in [0.717, 1.165) is 22.3 Å². The van der Waals surface area contributed by atoms with Crippen LogP contribution in [-0.4, -0.2) is 65.7 Å². The lowest BCUT2D eigenvalue weighted by Gasteiger charge is -2.27. The van der Waals surface area contributed by atoms with Crippen LogP contribution in [0.4, 0.5) is 4.79 Å². The minimum atomic E-state index is -0.890. The first-order valence-electron chi connectivity index (χ1n) is 11.6. The fraction of sp³-hybridized carbons (Fsp3) is 0.423. The van der Waals surface area contributed by atoms with E-state index in [4.69, 9.17) is 9.84 Å². The summed E-state index contributed by atoms with van der Waals surface area (Å²) in [7, 11) is 0. The molecule has 2 amide bonds. The highest BCUT2D eigenvalue weighted by Crippen LogP contribution is 2.44. The van der Waals surface area contributed by atoms with Gasteiger partial charge in [0.05, 0.1) is 0 Å². The number of hydrogen-bond donors (Lipinski definition) is 2. The maximum atomic E-state index is 13.1. The molecule has 2 aromatic carbocycles. The summed E-state index contributed by atoms with van der Waals surface area (Å²) in [6.45, 7) is 2.81. The maximum absolute atomic E-state index is 13.1. The second kappa shape index (κ2) is 12.5. The van der Waals surface area contributed by atoms with Gasteiger partial charge < -0.3 is 20.1 Å². The third-order valence-electron chi connectivity index (χ3n) is 6.06. The van der Waals surface area contributed by atoms with Crippen molar-refractivity contribution in [3.8, 4) is 11.1 Å². The highest BCUT2D eigenvalue weighted by atomic mass is 32.2. The number of hydrogen-bond acceptors (Lipinski definition) is 5. The van der Waals surface area contributed by atoms with E-state index in [1.165, 1.54) is 0 Å². The Morgan fingerprint density at radius 1 is 1.09 bits per heavy atom. The smallest absolute Gasteiger partial charge is 0.407 e. The second-order valence-corrected chi connectivity index (χ2v) is 9.20. The van der Waals surface area contributed by atoms with Gasteiger partial charge in [0.15, 0.2) is 0 Å². The number of carbonyl (C=O) groups is 3. The Hall–Kier alpha value is -3.00. The molecule has 0 bridgehead atoms. The number of rotatable bonds is 12. The van der Waals surface area contributed by atoms with Crippen LogP contribution in [0.2, 0.25) is 0 Å². The van der Waals surface area contributed by atoms with Crippen molar-refractivity contribution >= 4 is 29.7 Å². The summed E-state index contributed by atoms with van der Waals surface area (Å²) in [4.78, 5) is 38.2. The van der Waals surface area contributed by atoms with Gasteiger partial charge in [0.1, 0.15) is 12.6 Å². The van der Waals surface area contributed by atoms with E-state index in [-0.39, 0.29) is 24.9 Å². The zero-order valence-corrected chi connectivity index (χ0v) is 20.5. The molecular formula is C26H32N2O5S. The van der Waals surface area contributed by atoms with Crippen LogP contribution in [0.25, 0.3) is 11.1 Å². The third kappa shape index (κ3) is 6.32. The highest BCUT2D eigenvalue weighted by Gasteiger charge is 2.30. The van der Waals surface area contributed by atoms with Crippen LogP contribution in [0.3, 0.4) is 0 Å². The van der Waals surface area contributed by atoms with E-state index in [0.29, 0.717) is 31.7 Å². The van der Waals surface area contributed by atoms with E-state index in [9.17, 15) is 14.4 Å². The van der Waals surface area contributed by atoms with Gasteiger partial charge in [-0.25, -0.2) is 4.79 Å². The lowest BCUT2D eigenvalue weighted by Crippen LogP contribution is -2.49. The number of thioether (sulfide) groups is 1. The Morgan fingerprint density at radius 2 is 1.71 bits per heavy atom. The van der Waals surface area contributed by atoms with E-state index in [1.807, 2.05) is 37.4 Å². The normalized spacial score (nSPS) is 13.0. The molecule has 182 valence electrons. The van der Waals surface area contributed by atoms with Crippen LogP contribution in [0.5, 0.6) is 0 Å². The molecule has 0 saturated heterocycles. The Labute approximate surface area is 204 Å². The first-order valence-corrected chi connectivity index (χ1v) is 13.0. The molecule has 0 aromatic heterocycles. The van der Waals surface area contributed by atoms with Gasteiger partial charge in [-0.3, -0.25) is 9.59 Å². The fourth-order valence-electron chi connectivity index (χ4n) is 4.34. The fourth-order valence-corrected chi connectivity index (χ4v) is 4.81. The van der Waals surface area contributed by atoms with Crippen molar-refractivity contribution in [2.75, 3.05) is 31.7 Å². The van der Waals surface area contributed by atoms with E-state index >= 15 is 0 Å². The molecule has 1 aliphatic carbocycles. The highest BCUT2D eigenvalue weighted by molar-refractivity contribution is 7.98. The van der Waals surface area contributed by atoms with Crippen LogP contribution in [0, 0.1) is 0 Å². The molecule has 7 nitrogen and oxygen atoms in total. The van der Waals surface area contributed by atoms with Gasteiger partial charge in [-0.05, 0) is 54.0 Å². The zero-order chi connectivity index (χ0) is 24.5. The lowest BCUT2D eigenvalue weighted by molar-refractivity contribution is -0.138. The average Bonchev–Trinajstić information content (AvgIpc) is 3.16. The molecule has 34 heavy (non-hydrogen) atoms. The molecule has 0 aliphatic heterocycles. The number of carboxylic acid groups (broad SMARTS) is 1. The van der Waals surface area contributed by atoms with Crippen LogP contribution < -0.4 is 5.32 Å². The third-order valence-corrected chi connectivity index (χ3v) is 6.70. The Balaban J connectivity index is 1.64. The Morgan fingerprint density at radius 3 is 2.26 bits per heavy atom. The number of fused-ring (bicyclic) bond motifs is 3. The molecule has 3 rings (SSSR count). The van der Waals surface area contributed by atoms with E-state index in [2.05, 4.69) is 29.6 Å². The van der Waals surface area contributed by atoms with Crippen molar-refractivity contribution in [1.29, 1.82) is 0 Å². The Bertz CT molecular complexity index is 967. The molecule has 0 unspecified atom stereocenters. The summed E-state index contributed by atoms with van der Waals surface area (Å²) >= 11 is 1.59. The number of nitrogens with zero attached hydrogens (tertiary/aromatic N) is 1. The molecule has 0 fully saturated rings. The average molecular weight is 485 g/mol. The van der Waals surface area contributed by atoms with E-state index in [1.54, 1.807) is 16.7 Å². The SMILES string of the molecule is CCN(CCCC(=O)O)C(=O)[C@H](CCSC)NC(=O)OCC1c2ccccc2-c2ccccc21. The van der Waals surface area contributed by atoms with Gasteiger partial charge >= 0.3 is 12.1 Å². The first-order chi connectivity index (χ1) is 16.5. The quantitative estimate of drug-likeness (QED) is 0.465. The second-order valence-electron chi connectivity index (χ2n) is 8.22. The molecule has 2 aromatic rings. The number of benzene rings is 2. The number of carbonyl (C=O) groups excluding carboxylic acids is 2. The molecule has 0 radical (unpaired) electrons. The number of likely N-dealkylation sites (N-methyl/N-ethyl adjacent to an activating group) is 1. The molecule has 0 heterocycles. The van der Waals surface area contributed by atoms with Crippen LogP contribution in [0.1, 0.15) is 43.2 Å². The van der Waals surface area contributed by atoms with Crippen LogP contribution in [0.15, 0.2) is 48.5 Å². The molecule has 2 N–H and O–H groups in total. The van der Waals surface area contributed by atoms with E-state index < -0.39 is 18.1 Å². The molecule has 0 saturated carbocycles. The summed E-state index contributed by atoms with van der Waals surface area (Å²) < 4.78 is 5.62. The van der Waals surface area contributed by atoms with Crippen molar-refractivity contribution in [1.82, 2.24) is 10.2 Å². The summed E-state index contributed by atoms with van der Waals surface area (Å²) in [5, 5.41) is 11.6. The minimum Gasteiger partial charge on any atom is -0.481 e. The maximum Gasteiger partial charge on any atom is 0.407 e. The number of ether oxygens (including phenoxy) is 1. The number of alkyl carbamates (subject to hydrolysis) is 1. The monoisotopic (exact) mass is 484 g/mol. The van der Waals surface area contributed by atoms with Gasteiger partial charge in [-0.2, -0.15) is 11.8 Å². The molecule has 0 spiro atoms. The largest absolute Gasteiger partial charge is 0.481 e. The van der Waals surface area contributed by atoms with Crippen molar-refractivity contribution < 1.29 is 24.2 Å². The van der Waals surface area contributed by atoms with Crippen molar-refractivity contribution in [2.45, 2.75) is 38.1 Å². The molecule has 1 aliphatic rings. The van der Waals surface area contributed by atoms with Gasteiger partial charge in [0, 0.05) is 25.4 Å². The van der Waals surface area contributed by atoms with Crippen LogP contribution in [-0.2, 0) is 14.3 Å². The van der Waals surface area contributed by atoms with Crippen molar-refractivity contribution in [2.24, 2.45) is 0 Å². The molecule has 8 heteroatoms. The number of carboxylic acids is 1. The van der Waals surface area contributed by atoms with Crippen molar-refractivity contribution in [3.05, 3.63) is 59.7 Å². The summed E-state index contributed by atoms with van der Waals surface area (Å²) in [6, 6.07) is 15.5. The predicted octanol–water partition coefficient (Wildman–Crippen LogP) is 4.36. The lowest BCUT2D eigenvalue weighted by atomic mass is 9.98.